The van der Waals surface area contributed by atoms with Crippen molar-refractivity contribution in [1.29, 1.82) is 0 Å². The zero-order chi connectivity index (χ0) is 11.7. The first-order valence-electron chi connectivity index (χ1n) is 6.84. The van der Waals surface area contributed by atoms with E-state index in [0.29, 0.717) is 5.41 Å². The summed E-state index contributed by atoms with van der Waals surface area (Å²) in [6.07, 6.45) is 6.73. The molecule has 0 aliphatic carbocycles. The Balaban J connectivity index is 0.000000583. The molecule has 0 aromatic carbocycles. The average molecular weight is 213 g/mol. The minimum atomic E-state index is 0.574. The Labute approximate surface area is 97.2 Å². The third-order valence-corrected chi connectivity index (χ3v) is 3.51. The molecule has 1 rings (SSSR count). The maximum Gasteiger partial charge on any atom is 0.00351 e. The summed E-state index contributed by atoms with van der Waals surface area (Å²) in [5.74, 6) is 0. The maximum absolute atomic E-state index is 2.63. The zero-order valence-electron chi connectivity index (χ0n) is 11.6. The first kappa shape index (κ1) is 15.0. The molecule has 1 aliphatic heterocycles. The van der Waals surface area contributed by atoms with Crippen LogP contribution in [0, 0.1) is 5.41 Å². The second kappa shape index (κ2) is 8.15. The summed E-state index contributed by atoms with van der Waals surface area (Å²) in [7, 11) is 0. The van der Waals surface area contributed by atoms with Crippen molar-refractivity contribution in [2.45, 2.75) is 66.7 Å². The summed E-state index contributed by atoms with van der Waals surface area (Å²) in [5, 5.41) is 0. The molecular weight excluding hydrogens is 182 g/mol. The number of nitrogens with zero attached hydrogens (tertiary/aromatic N) is 1. The van der Waals surface area contributed by atoms with Crippen molar-refractivity contribution in [2.75, 3.05) is 19.6 Å². The Morgan fingerprint density at radius 1 is 0.933 bits per heavy atom. The van der Waals surface area contributed by atoms with E-state index in [9.17, 15) is 0 Å². The summed E-state index contributed by atoms with van der Waals surface area (Å²) in [5.41, 5.74) is 0.574. The third kappa shape index (κ3) is 6.19. The highest BCUT2D eigenvalue weighted by Gasteiger charge is 2.24. The highest BCUT2D eigenvalue weighted by molar-refractivity contribution is 4.78. The van der Waals surface area contributed by atoms with Gasteiger partial charge in [0.25, 0.3) is 0 Å². The van der Waals surface area contributed by atoms with Crippen molar-refractivity contribution in [3.8, 4) is 0 Å². The van der Waals surface area contributed by atoms with E-state index >= 15 is 0 Å². The van der Waals surface area contributed by atoms with Crippen molar-refractivity contribution in [3.05, 3.63) is 0 Å². The first-order valence-corrected chi connectivity index (χ1v) is 6.84. The van der Waals surface area contributed by atoms with Crippen molar-refractivity contribution >= 4 is 0 Å². The minimum absolute atomic E-state index is 0.574. The minimum Gasteiger partial charge on any atom is -0.303 e. The quantitative estimate of drug-likeness (QED) is 0.672. The van der Waals surface area contributed by atoms with Crippen LogP contribution in [0.25, 0.3) is 0 Å². The lowest BCUT2D eigenvalue weighted by atomic mass is 9.84. The second-order valence-corrected chi connectivity index (χ2v) is 5.21. The lowest BCUT2D eigenvalue weighted by Crippen LogP contribution is -2.33. The Morgan fingerprint density at radius 2 is 1.33 bits per heavy atom. The van der Waals surface area contributed by atoms with Crippen molar-refractivity contribution < 1.29 is 0 Å². The van der Waals surface area contributed by atoms with E-state index in [4.69, 9.17) is 0 Å². The Kier molecular flexibility index (Phi) is 8.13. The fourth-order valence-corrected chi connectivity index (χ4v) is 1.95. The normalized spacial score (nSPS) is 17.4. The molecule has 1 fully saturated rings. The Morgan fingerprint density at radius 3 is 1.67 bits per heavy atom. The molecule has 0 atom stereocenters. The standard InChI is InChI=1S/C11H23N.C3H8/c1-4-11(3,5-2)10-12-8-6-7-9-12;1-3-2/h4-10H2,1-3H3;3H2,1-2H3. The molecule has 0 spiro atoms. The fraction of sp³-hybridized carbons (Fsp3) is 1.00. The van der Waals surface area contributed by atoms with Gasteiger partial charge in [-0.15, -0.1) is 0 Å². The van der Waals surface area contributed by atoms with Crippen LogP contribution in [0.15, 0.2) is 0 Å². The Hall–Kier alpha value is -0.0400. The molecule has 1 aliphatic rings. The molecular formula is C14H31N. The van der Waals surface area contributed by atoms with Crippen molar-refractivity contribution in [2.24, 2.45) is 5.41 Å². The van der Waals surface area contributed by atoms with Gasteiger partial charge in [0.05, 0.1) is 0 Å². The van der Waals surface area contributed by atoms with E-state index in [-0.39, 0.29) is 0 Å². The molecule has 1 nitrogen and oxygen atoms in total. The molecule has 0 radical (unpaired) electrons. The molecule has 0 saturated carbocycles. The summed E-state index contributed by atoms with van der Waals surface area (Å²) < 4.78 is 0. The molecule has 1 heterocycles. The number of likely N-dealkylation sites (tertiary alicyclic amines) is 1. The molecule has 1 saturated heterocycles. The summed E-state index contributed by atoms with van der Waals surface area (Å²) >= 11 is 0. The summed E-state index contributed by atoms with van der Waals surface area (Å²) in [4.78, 5) is 2.63. The largest absolute Gasteiger partial charge is 0.303 e. The lowest BCUT2D eigenvalue weighted by molar-refractivity contribution is 0.179. The van der Waals surface area contributed by atoms with Gasteiger partial charge in [0.1, 0.15) is 0 Å². The molecule has 0 aromatic heterocycles. The van der Waals surface area contributed by atoms with E-state index in [1.54, 1.807) is 0 Å². The number of rotatable bonds is 4. The molecule has 0 bridgehead atoms. The van der Waals surface area contributed by atoms with Gasteiger partial charge in [-0.05, 0) is 44.2 Å². The fourth-order valence-electron chi connectivity index (χ4n) is 1.95. The molecule has 92 valence electrons. The topological polar surface area (TPSA) is 3.24 Å². The highest BCUT2D eigenvalue weighted by Crippen LogP contribution is 2.27. The molecule has 1 heteroatoms. The van der Waals surface area contributed by atoms with Gasteiger partial charge < -0.3 is 4.90 Å². The van der Waals surface area contributed by atoms with Gasteiger partial charge in [-0.1, -0.05) is 41.0 Å². The number of hydrogen-bond donors (Lipinski definition) is 0. The smallest absolute Gasteiger partial charge is 0.00351 e. The van der Waals surface area contributed by atoms with Gasteiger partial charge in [-0.25, -0.2) is 0 Å². The van der Waals surface area contributed by atoms with E-state index < -0.39 is 0 Å². The van der Waals surface area contributed by atoms with Crippen LogP contribution in [-0.2, 0) is 0 Å². The highest BCUT2D eigenvalue weighted by atomic mass is 15.1. The number of hydrogen-bond acceptors (Lipinski definition) is 1. The maximum atomic E-state index is 2.63. The summed E-state index contributed by atoms with van der Waals surface area (Å²) in [6.45, 7) is 15.3. The van der Waals surface area contributed by atoms with Gasteiger partial charge in [0.2, 0.25) is 0 Å². The molecule has 0 aromatic rings. The SMILES string of the molecule is CCC.CCC(C)(CC)CN1CCCC1. The Bertz CT molecular complexity index is 132. The predicted molar refractivity (Wildman–Crippen MR) is 70.3 cm³/mol. The van der Waals surface area contributed by atoms with Crippen LogP contribution in [-0.4, -0.2) is 24.5 Å². The van der Waals surface area contributed by atoms with Crippen LogP contribution in [0.2, 0.25) is 0 Å². The lowest BCUT2D eigenvalue weighted by Gasteiger charge is -2.31. The van der Waals surface area contributed by atoms with Crippen LogP contribution >= 0.6 is 0 Å². The zero-order valence-corrected chi connectivity index (χ0v) is 11.6. The van der Waals surface area contributed by atoms with Crippen LogP contribution < -0.4 is 0 Å². The molecule has 15 heavy (non-hydrogen) atoms. The third-order valence-electron chi connectivity index (χ3n) is 3.51. The van der Waals surface area contributed by atoms with Crippen LogP contribution in [0.5, 0.6) is 0 Å². The molecule has 0 unspecified atom stereocenters. The second-order valence-electron chi connectivity index (χ2n) is 5.21. The van der Waals surface area contributed by atoms with Crippen molar-refractivity contribution in [3.63, 3.8) is 0 Å². The first-order chi connectivity index (χ1) is 7.11. The van der Waals surface area contributed by atoms with E-state index in [1.807, 2.05) is 0 Å². The molecule has 0 amide bonds. The van der Waals surface area contributed by atoms with Gasteiger partial charge >= 0.3 is 0 Å². The average Bonchev–Trinajstić information content (AvgIpc) is 2.71. The van der Waals surface area contributed by atoms with Gasteiger partial charge in [0, 0.05) is 6.54 Å². The van der Waals surface area contributed by atoms with E-state index in [2.05, 4.69) is 39.5 Å². The van der Waals surface area contributed by atoms with Gasteiger partial charge in [-0.3, -0.25) is 0 Å². The van der Waals surface area contributed by atoms with Crippen LogP contribution in [0.3, 0.4) is 0 Å². The van der Waals surface area contributed by atoms with Gasteiger partial charge in [-0.2, -0.15) is 0 Å². The van der Waals surface area contributed by atoms with Crippen LogP contribution in [0.4, 0.5) is 0 Å². The van der Waals surface area contributed by atoms with E-state index in [0.717, 1.165) is 0 Å². The molecule has 0 N–H and O–H groups in total. The van der Waals surface area contributed by atoms with Crippen LogP contribution in [0.1, 0.15) is 66.7 Å². The summed E-state index contributed by atoms with van der Waals surface area (Å²) in [6, 6.07) is 0. The van der Waals surface area contributed by atoms with E-state index in [1.165, 1.54) is 51.7 Å². The monoisotopic (exact) mass is 213 g/mol. The predicted octanol–water partition coefficient (Wildman–Crippen LogP) is 4.32. The van der Waals surface area contributed by atoms with Crippen molar-refractivity contribution in [1.82, 2.24) is 4.90 Å². The van der Waals surface area contributed by atoms with Gasteiger partial charge in [0.15, 0.2) is 0 Å².